The van der Waals surface area contributed by atoms with Gasteiger partial charge in [-0.25, -0.2) is 8.78 Å². The van der Waals surface area contributed by atoms with Crippen molar-refractivity contribution in [2.24, 2.45) is 0 Å². The standard InChI is InChI=1S/C24H24F2N2O6/c1-14(24(31)27-11-17-3-2-8-32-17)28-19-9-15(4-6-22(19)34-13-23(28)30)20(29)12-33-21-7-5-16(25)10-18(21)26/h4-7,9-10,14,17H,2-3,8,11-13H2,1H3,(H,27,31)/t14-,17-/m1/s1. The van der Waals surface area contributed by atoms with Crippen molar-refractivity contribution in [3.63, 3.8) is 0 Å². The minimum Gasteiger partial charge on any atom is -0.482 e. The van der Waals surface area contributed by atoms with Crippen LogP contribution in [0.5, 0.6) is 11.5 Å². The first-order valence-corrected chi connectivity index (χ1v) is 10.9. The zero-order valence-corrected chi connectivity index (χ0v) is 18.5. The molecule has 0 unspecified atom stereocenters. The highest BCUT2D eigenvalue weighted by molar-refractivity contribution is 6.05. The van der Waals surface area contributed by atoms with E-state index in [1.165, 1.54) is 23.1 Å². The van der Waals surface area contributed by atoms with Crippen LogP contribution in [0.3, 0.4) is 0 Å². The van der Waals surface area contributed by atoms with Crippen LogP contribution < -0.4 is 19.7 Å². The molecule has 10 heteroatoms. The maximum atomic E-state index is 13.8. The van der Waals surface area contributed by atoms with Crippen LogP contribution in [0.15, 0.2) is 36.4 Å². The summed E-state index contributed by atoms with van der Waals surface area (Å²) in [7, 11) is 0. The van der Waals surface area contributed by atoms with Gasteiger partial charge in [0.2, 0.25) is 5.91 Å². The molecule has 0 aliphatic carbocycles. The fraction of sp³-hybridized carbons (Fsp3) is 0.375. The van der Waals surface area contributed by atoms with Crippen molar-refractivity contribution < 1.29 is 37.4 Å². The molecule has 34 heavy (non-hydrogen) atoms. The van der Waals surface area contributed by atoms with Crippen LogP contribution in [-0.2, 0) is 14.3 Å². The van der Waals surface area contributed by atoms with Crippen LogP contribution >= 0.6 is 0 Å². The normalized spacial score (nSPS) is 18.1. The summed E-state index contributed by atoms with van der Waals surface area (Å²) in [5, 5.41) is 2.81. The highest BCUT2D eigenvalue weighted by Gasteiger charge is 2.34. The summed E-state index contributed by atoms with van der Waals surface area (Å²) >= 11 is 0. The van der Waals surface area contributed by atoms with E-state index < -0.39 is 36.0 Å². The predicted molar refractivity (Wildman–Crippen MR) is 117 cm³/mol. The van der Waals surface area contributed by atoms with Gasteiger partial charge in [0.15, 0.2) is 30.6 Å². The molecule has 2 amide bonds. The third-order valence-electron chi connectivity index (χ3n) is 5.71. The van der Waals surface area contributed by atoms with Gasteiger partial charge in [-0.3, -0.25) is 19.3 Å². The molecule has 0 spiro atoms. The Balaban J connectivity index is 1.47. The molecule has 1 fully saturated rings. The van der Waals surface area contributed by atoms with Crippen molar-refractivity contribution in [2.45, 2.75) is 31.9 Å². The molecular weight excluding hydrogens is 450 g/mol. The Morgan fingerprint density at radius 2 is 2.06 bits per heavy atom. The quantitative estimate of drug-likeness (QED) is 0.592. The Kier molecular flexibility index (Phi) is 7.06. The number of Topliss-reactive ketones (excluding diaryl/α,β-unsaturated/α-hetero) is 1. The Morgan fingerprint density at radius 1 is 1.24 bits per heavy atom. The number of hydrogen-bond donors (Lipinski definition) is 1. The highest BCUT2D eigenvalue weighted by Crippen LogP contribution is 2.34. The monoisotopic (exact) mass is 474 g/mol. The summed E-state index contributed by atoms with van der Waals surface area (Å²) in [6.45, 7) is 1.86. The second-order valence-corrected chi connectivity index (χ2v) is 8.08. The lowest BCUT2D eigenvalue weighted by Crippen LogP contribution is -2.52. The second-order valence-electron chi connectivity index (χ2n) is 8.08. The number of ketones is 1. The Labute approximate surface area is 194 Å². The first-order chi connectivity index (χ1) is 16.3. The number of ether oxygens (including phenoxy) is 3. The van der Waals surface area contributed by atoms with Crippen LogP contribution in [0.1, 0.15) is 30.1 Å². The van der Waals surface area contributed by atoms with E-state index in [2.05, 4.69) is 5.32 Å². The van der Waals surface area contributed by atoms with E-state index in [9.17, 15) is 23.2 Å². The number of amides is 2. The molecule has 2 aliphatic heterocycles. The molecule has 1 saturated heterocycles. The third kappa shape index (κ3) is 5.17. The maximum Gasteiger partial charge on any atom is 0.265 e. The molecule has 0 saturated carbocycles. The summed E-state index contributed by atoms with van der Waals surface area (Å²) in [5.41, 5.74) is 0.450. The van der Waals surface area contributed by atoms with Crippen molar-refractivity contribution in [3.8, 4) is 11.5 Å². The molecule has 4 rings (SSSR count). The number of nitrogens with zero attached hydrogens (tertiary/aromatic N) is 1. The molecule has 0 bridgehead atoms. The van der Waals surface area contributed by atoms with Crippen LogP contribution in [0.4, 0.5) is 14.5 Å². The van der Waals surface area contributed by atoms with E-state index in [0.29, 0.717) is 25.0 Å². The van der Waals surface area contributed by atoms with Gasteiger partial charge >= 0.3 is 0 Å². The van der Waals surface area contributed by atoms with Crippen LogP contribution in [0.25, 0.3) is 0 Å². The van der Waals surface area contributed by atoms with Crippen LogP contribution in [0.2, 0.25) is 0 Å². The zero-order chi connectivity index (χ0) is 24.2. The van der Waals surface area contributed by atoms with E-state index in [4.69, 9.17) is 14.2 Å². The first-order valence-electron chi connectivity index (χ1n) is 10.9. The van der Waals surface area contributed by atoms with Gasteiger partial charge in [-0.2, -0.15) is 0 Å². The number of anilines is 1. The fourth-order valence-electron chi connectivity index (χ4n) is 3.87. The minimum atomic E-state index is -0.925. The van der Waals surface area contributed by atoms with Gasteiger partial charge < -0.3 is 19.5 Å². The topological polar surface area (TPSA) is 94.2 Å². The molecular formula is C24H24F2N2O6. The molecule has 8 nitrogen and oxygen atoms in total. The summed E-state index contributed by atoms with van der Waals surface area (Å²) in [4.78, 5) is 39.3. The molecule has 180 valence electrons. The molecule has 2 aromatic carbocycles. The lowest BCUT2D eigenvalue weighted by atomic mass is 10.1. The lowest BCUT2D eigenvalue weighted by Gasteiger charge is -2.33. The van der Waals surface area contributed by atoms with E-state index >= 15 is 0 Å². The number of rotatable bonds is 8. The predicted octanol–water partition coefficient (Wildman–Crippen LogP) is 2.64. The largest absolute Gasteiger partial charge is 0.482 e. The van der Waals surface area contributed by atoms with Crippen molar-refractivity contribution in [3.05, 3.63) is 53.6 Å². The molecule has 0 radical (unpaired) electrons. The van der Waals surface area contributed by atoms with Gasteiger partial charge in [-0.15, -0.1) is 0 Å². The number of hydrogen-bond acceptors (Lipinski definition) is 6. The minimum absolute atomic E-state index is 0.0426. The van der Waals surface area contributed by atoms with Crippen molar-refractivity contribution in [1.82, 2.24) is 5.32 Å². The van der Waals surface area contributed by atoms with Gasteiger partial charge in [0.25, 0.3) is 5.91 Å². The van der Waals surface area contributed by atoms with E-state index in [0.717, 1.165) is 25.0 Å². The van der Waals surface area contributed by atoms with Gasteiger partial charge in [-0.05, 0) is 50.1 Å². The summed E-state index contributed by atoms with van der Waals surface area (Å²) in [6.07, 6.45) is 1.77. The van der Waals surface area contributed by atoms with Gasteiger partial charge in [0, 0.05) is 24.8 Å². The number of nitrogens with one attached hydrogen (secondary N) is 1. The second kappa shape index (κ2) is 10.2. The van der Waals surface area contributed by atoms with Gasteiger partial charge in [0.1, 0.15) is 17.6 Å². The SMILES string of the molecule is C[C@H](C(=O)NC[C@H]1CCCO1)N1C(=O)COc2ccc(C(=O)COc3ccc(F)cc3F)cc21. The van der Waals surface area contributed by atoms with E-state index in [1.54, 1.807) is 6.92 Å². The molecule has 1 N–H and O–H groups in total. The highest BCUT2D eigenvalue weighted by atomic mass is 19.1. The Hall–Kier alpha value is -3.53. The van der Waals surface area contributed by atoms with Crippen molar-refractivity contribution in [1.29, 1.82) is 0 Å². The molecule has 0 aromatic heterocycles. The fourth-order valence-corrected chi connectivity index (χ4v) is 3.87. The summed E-state index contributed by atoms with van der Waals surface area (Å²) in [5.74, 6) is -2.88. The van der Waals surface area contributed by atoms with Gasteiger partial charge in [-0.1, -0.05) is 0 Å². The van der Waals surface area contributed by atoms with Crippen LogP contribution in [0, 0.1) is 11.6 Å². The molecule has 2 aromatic rings. The number of carbonyl (C=O) groups excluding carboxylic acids is 3. The summed E-state index contributed by atoms with van der Waals surface area (Å²) in [6, 6.07) is 6.36. The Bertz CT molecular complexity index is 1100. The summed E-state index contributed by atoms with van der Waals surface area (Å²) < 4.78 is 43.0. The Morgan fingerprint density at radius 3 is 2.79 bits per heavy atom. The number of halogens is 2. The number of fused-ring (bicyclic) bond motifs is 1. The first kappa shape index (κ1) is 23.6. The lowest BCUT2D eigenvalue weighted by molar-refractivity contribution is -0.127. The van der Waals surface area contributed by atoms with Gasteiger partial charge in [0.05, 0.1) is 11.8 Å². The zero-order valence-electron chi connectivity index (χ0n) is 18.5. The third-order valence-corrected chi connectivity index (χ3v) is 5.71. The molecule has 2 heterocycles. The van der Waals surface area contributed by atoms with Crippen LogP contribution in [-0.4, -0.2) is 56.1 Å². The van der Waals surface area contributed by atoms with E-state index in [1.807, 2.05) is 0 Å². The molecule has 2 atom stereocenters. The van der Waals surface area contributed by atoms with E-state index in [-0.39, 0.29) is 35.6 Å². The van der Waals surface area contributed by atoms with Crippen molar-refractivity contribution in [2.75, 3.05) is 31.3 Å². The maximum absolute atomic E-state index is 13.8. The number of benzene rings is 2. The average Bonchev–Trinajstić information content (AvgIpc) is 3.34. The molecule has 2 aliphatic rings. The average molecular weight is 474 g/mol. The smallest absolute Gasteiger partial charge is 0.265 e. The van der Waals surface area contributed by atoms with Crippen molar-refractivity contribution >= 4 is 23.3 Å². The number of carbonyl (C=O) groups is 3.